The van der Waals surface area contributed by atoms with Crippen molar-refractivity contribution in [2.24, 2.45) is 5.92 Å². The van der Waals surface area contributed by atoms with E-state index in [9.17, 15) is 8.42 Å². The number of nitrogens with zero attached hydrogens (tertiary/aromatic N) is 4. The van der Waals surface area contributed by atoms with Crippen LogP contribution in [0.2, 0.25) is 0 Å². The summed E-state index contributed by atoms with van der Waals surface area (Å²) in [4.78, 5) is 2.52. The minimum absolute atomic E-state index is 0.239. The van der Waals surface area contributed by atoms with Gasteiger partial charge in [0.15, 0.2) is 0 Å². The summed E-state index contributed by atoms with van der Waals surface area (Å²) in [5, 5.41) is 4.03. The Morgan fingerprint density at radius 3 is 2.71 bits per heavy atom. The van der Waals surface area contributed by atoms with E-state index in [-0.39, 0.29) is 4.90 Å². The Kier molecular flexibility index (Phi) is 5.65. The largest absolute Gasteiger partial charge is 0.306 e. The topological polar surface area (TPSA) is 58.4 Å². The Balaban J connectivity index is 2.00. The summed E-state index contributed by atoms with van der Waals surface area (Å²) in [5.41, 5.74) is 0. The summed E-state index contributed by atoms with van der Waals surface area (Å²) < 4.78 is 28.0. The lowest BCUT2D eigenvalue weighted by Gasteiger charge is -2.31. The third kappa shape index (κ3) is 4.18. The monoisotopic (exact) mass is 334 g/mol. The summed E-state index contributed by atoms with van der Waals surface area (Å²) in [7, 11) is 0.288. The Labute approximate surface area is 131 Å². The van der Waals surface area contributed by atoms with E-state index in [2.05, 4.69) is 17.0 Å². The maximum atomic E-state index is 12.5. The van der Waals surface area contributed by atoms with Gasteiger partial charge in [0.25, 0.3) is 0 Å². The van der Waals surface area contributed by atoms with Crippen LogP contribution in [-0.2, 0) is 16.6 Å². The van der Waals surface area contributed by atoms with Crippen LogP contribution in [0.3, 0.4) is 0 Å². The minimum Gasteiger partial charge on any atom is -0.306 e. The van der Waals surface area contributed by atoms with Crippen LogP contribution >= 0.6 is 11.6 Å². The van der Waals surface area contributed by atoms with Crippen LogP contribution in [0.15, 0.2) is 17.3 Å². The van der Waals surface area contributed by atoms with Gasteiger partial charge < -0.3 is 4.90 Å². The van der Waals surface area contributed by atoms with Crippen molar-refractivity contribution in [2.75, 3.05) is 39.6 Å². The Hall–Kier alpha value is -0.630. The SMILES string of the molecule is CN1CCC(CN(C)S(=O)(=O)c2cnn(CCCl)c2)CC1. The molecule has 21 heavy (non-hydrogen) atoms. The number of aromatic nitrogens is 2. The zero-order chi connectivity index (χ0) is 15.5. The molecular formula is C13H23ClN4O2S. The van der Waals surface area contributed by atoms with Crippen LogP contribution in [0.1, 0.15) is 12.8 Å². The van der Waals surface area contributed by atoms with Gasteiger partial charge >= 0.3 is 0 Å². The van der Waals surface area contributed by atoms with Crippen LogP contribution in [-0.4, -0.2) is 67.0 Å². The maximum Gasteiger partial charge on any atom is 0.245 e. The maximum absolute atomic E-state index is 12.5. The fourth-order valence-corrected chi connectivity index (χ4v) is 3.95. The molecule has 0 unspecified atom stereocenters. The molecule has 1 saturated heterocycles. The highest BCUT2D eigenvalue weighted by Crippen LogP contribution is 2.20. The van der Waals surface area contributed by atoms with Crippen LogP contribution in [0.4, 0.5) is 0 Å². The molecule has 0 radical (unpaired) electrons. The van der Waals surface area contributed by atoms with Crippen molar-refractivity contribution < 1.29 is 8.42 Å². The molecule has 2 rings (SSSR count). The highest BCUT2D eigenvalue weighted by Gasteiger charge is 2.26. The highest BCUT2D eigenvalue weighted by molar-refractivity contribution is 7.89. The van der Waals surface area contributed by atoms with E-state index in [0.29, 0.717) is 24.9 Å². The average molecular weight is 335 g/mol. The van der Waals surface area contributed by atoms with E-state index < -0.39 is 10.0 Å². The van der Waals surface area contributed by atoms with Gasteiger partial charge in [0.1, 0.15) is 4.90 Å². The van der Waals surface area contributed by atoms with E-state index in [1.807, 2.05) is 0 Å². The lowest BCUT2D eigenvalue weighted by Crippen LogP contribution is -2.37. The van der Waals surface area contributed by atoms with Crippen molar-refractivity contribution in [3.63, 3.8) is 0 Å². The third-order valence-corrected chi connectivity index (χ3v) is 5.93. The lowest BCUT2D eigenvalue weighted by atomic mass is 9.97. The normalized spacial score (nSPS) is 18.5. The quantitative estimate of drug-likeness (QED) is 0.731. The molecule has 120 valence electrons. The van der Waals surface area contributed by atoms with Gasteiger partial charge in [-0.2, -0.15) is 5.10 Å². The average Bonchev–Trinajstić information content (AvgIpc) is 2.91. The minimum atomic E-state index is -3.46. The molecule has 0 spiro atoms. The molecule has 1 fully saturated rings. The van der Waals surface area contributed by atoms with Crippen molar-refractivity contribution in [2.45, 2.75) is 24.3 Å². The van der Waals surface area contributed by atoms with Crippen molar-refractivity contribution in [3.8, 4) is 0 Å². The van der Waals surface area contributed by atoms with Crippen molar-refractivity contribution in [3.05, 3.63) is 12.4 Å². The van der Waals surface area contributed by atoms with E-state index in [1.54, 1.807) is 17.9 Å². The van der Waals surface area contributed by atoms with Gasteiger partial charge in [-0.3, -0.25) is 4.68 Å². The second-order valence-corrected chi connectivity index (χ2v) is 8.08. The van der Waals surface area contributed by atoms with Crippen LogP contribution < -0.4 is 0 Å². The molecule has 0 amide bonds. The molecule has 1 aromatic heterocycles. The molecule has 0 atom stereocenters. The van der Waals surface area contributed by atoms with E-state index >= 15 is 0 Å². The van der Waals surface area contributed by atoms with Gasteiger partial charge in [0.05, 0.1) is 12.7 Å². The molecule has 0 bridgehead atoms. The molecule has 0 aliphatic carbocycles. The van der Waals surface area contributed by atoms with Gasteiger partial charge in [0.2, 0.25) is 10.0 Å². The first-order valence-electron chi connectivity index (χ1n) is 7.17. The molecule has 1 aromatic rings. The molecule has 0 saturated carbocycles. The molecule has 1 aliphatic rings. The Morgan fingerprint density at radius 1 is 1.43 bits per heavy atom. The molecule has 1 aliphatic heterocycles. The molecular weight excluding hydrogens is 312 g/mol. The smallest absolute Gasteiger partial charge is 0.245 e. The highest BCUT2D eigenvalue weighted by atomic mass is 35.5. The third-order valence-electron chi connectivity index (χ3n) is 3.98. The first-order valence-corrected chi connectivity index (χ1v) is 9.14. The first-order chi connectivity index (χ1) is 9.93. The second-order valence-electron chi connectivity index (χ2n) is 5.66. The van der Waals surface area contributed by atoms with E-state index in [1.165, 1.54) is 10.5 Å². The summed E-state index contributed by atoms with van der Waals surface area (Å²) in [6.07, 6.45) is 5.03. The van der Waals surface area contributed by atoms with Crippen LogP contribution in [0.5, 0.6) is 0 Å². The zero-order valence-electron chi connectivity index (χ0n) is 12.6. The number of likely N-dealkylation sites (tertiary alicyclic amines) is 1. The molecule has 0 aromatic carbocycles. The van der Waals surface area contributed by atoms with E-state index in [0.717, 1.165) is 25.9 Å². The van der Waals surface area contributed by atoms with Crippen LogP contribution in [0, 0.1) is 5.92 Å². The molecule has 0 N–H and O–H groups in total. The van der Waals surface area contributed by atoms with Gasteiger partial charge in [0, 0.05) is 25.7 Å². The number of alkyl halides is 1. The predicted octanol–water partition coefficient (Wildman–Crippen LogP) is 1.08. The number of rotatable bonds is 6. The van der Waals surface area contributed by atoms with Crippen molar-refractivity contribution in [1.82, 2.24) is 19.0 Å². The number of piperidine rings is 1. The second kappa shape index (κ2) is 7.09. The molecule has 6 nitrogen and oxygen atoms in total. The molecule has 8 heteroatoms. The number of hydrogen-bond donors (Lipinski definition) is 0. The fourth-order valence-electron chi connectivity index (χ4n) is 2.57. The number of aryl methyl sites for hydroxylation is 1. The summed E-state index contributed by atoms with van der Waals surface area (Å²) >= 11 is 5.64. The van der Waals surface area contributed by atoms with Crippen molar-refractivity contribution in [1.29, 1.82) is 0 Å². The molecule has 2 heterocycles. The number of halogens is 1. The predicted molar refractivity (Wildman–Crippen MR) is 83.0 cm³/mol. The summed E-state index contributed by atoms with van der Waals surface area (Å²) in [6.45, 7) is 3.14. The number of sulfonamides is 1. The number of hydrogen-bond acceptors (Lipinski definition) is 4. The van der Waals surface area contributed by atoms with Gasteiger partial charge in [-0.15, -0.1) is 11.6 Å². The summed E-state index contributed by atoms with van der Waals surface area (Å²) in [6, 6.07) is 0. The first kappa shape index (κ1) is 16.7. The summed E-state index contributed by atoms with van der Waals surface area (Å²) in [5.74, 6) is 0.839. The van der Waals surface area contributed by atoms with Gasteiger partial charge in [-0.05, 0) is 38.9 Å². The van der Waals surface area contributed by atoms with Gasteiger partial charge in [-0.25, -0.2) is 12.7 Å². The lowest BCUT2D eigenvalue weighted by molar-refractivity contribution is 0.202. The van der Waals surface area contributed by atoms with Crippen LogP contribution in [0.25, 0.3) is 0 Å². The zero-order valence-corrected chi connectivity index (χ0v) is 14.1. The van der Waals surface area contributed by atoms with Crippen molar-refractivity contribution >= 4 is 21.6 Å². The standard InChI is InChI=1S/C13H23ClN4O2S/c1-16-6-3-12(4-7-16)10-17(2)21(19,20)13-9-15-18(11-13)8-5-14/h9,11-12H,3-8,10H2,1-2H3. The Morgan fingerprint density at radius 2 is 2.10 bits per heavy atom. The Bertz CT molecular complexity index is 552. The van der Waals surface area contributed by atoms with Gasteiger partial charge in [-0.1, -0.05) is 0 Å². The fraction of sp³-hybridized carbons (Fsp3) is 0.769. The van der Waals surface area contributed by atoms with E-state index in [4.69, 9.17) is 11.6 Å².